The number of nitrogens with one attached hydrogen (secondary N) is 1. The van der Waals surface area contributed by atoms with Crippen molar-refractivity contribution in [3.63, 3.8) is 0 Å². The van der Waals surface area contributed by atoms with Gasteiger partial charge in [0.1, 0.15) is 5.00 Å². The molecule has 78 valence electrons. The van der Waals surface area contributed by atoms with Crippen molar-refractivity contribution >= 4 is 21.5 Å². The molecule has 2 rings (SSSR count). The first-order chi connectivity index (χ1) is 6.78. The number of hydrogen-bond acceptors (Lipinski definition) is 5. The van der Waals surface area contributed by atoms with Gasteiger partial charge in [-0.25, -0.2) is 4.98 Å². The van der Waals surface area contributed by atoms with E-state index in [2.05, 4.69) is 10.3 Å². The van der Waals surface area contributed by atoms with Crippen LogP contribution in [0.4, 0.5) is 10.1 Å². The SMILES string of the molecule is COC1CCC(Nc2ncc(N)s2)C1. The largest absolute Gasteiger partial charge is 0.389 e. The lowest BCUT2D eigenvalue weighted by Crippen LogP contribution is -2.16. The number of aromatic nitrogens is 1. The summed E-state index contributed by atoms with van der Waals surface area (Å²) >= 11 is 1.50. The molecule has 1 aromatic heterocycles. The third-order valence-electron chi connectivity index (χ3n) is 2.57. The molecule has 3 N–H and O–H groups in total. The van der Waals surface area contributed by atoms with Crippen molar-refractivity contribution in [2.75, 3.05) is 18.2 Å². The van der Waals surface area contributed by atoms with Crippen molar-refractivity contribution in [3.8, 4) is 0 Å². The summed E-state index contributed by atoms with van der Waals surface area (Å²) in [5.74, 6) is 0. The molecule has 0 saturated heterocycles. The Kier molecular flexibility index (Phi) is 2.88. The highest BCUT2D eigenvalue weighted by molar-refractivity contribution is 7.19. The van der Waals surface area contributed by atoms with Crippen LogP contribution in [-0.4, -0.2) is 24.2 Å². The zero-order valence-electron chi connectivity index (χ0n) is 8.19. The Morgan fingerprint density at radius 2 is 2.50 bits per heavy atom. The van der Waals surface area contributed by atoms with E-state index in [1.54, 1.807) is 13.3 Å². The fourth-order valence-electron chi connectivity index (χ4n) is 1.81. The van der Waals surface area contributed by atoms with Crippen LogP contribution in [0.1, 0.15) is 19.3 Å². The Bertz CT molecular complexity index is 302. The number of nitrogen functional groups attached to an aromatic ring is 1. The van der Waals surface area contributed by atoms with Crippen molar-refractivity contribution in [2.24, 2.45) is 0 Å². The first kappa shape index (κ1) is 9.73. The minimum absolute atomic E-state index is 0.407. The Hall–Kier alpha value is -0.810. The maximum atomic E-state index is 5.60. The van der Waals surface area contributed by atoms with Gasteiger partial charge in [0.2, 0.25) is 0 Å². The van der Waals surface area contributed by atoms with E-state index in [1.807, 2.05) is 0 Å². The van der Waals surface area contributed by atoms with Crippen LogP contribution in [0.5, 0.6) is 0 Å². The van der Waals surface area contributed by atoms with E-state index in [9.17, 15) is 0 Å². The van der Waals surface area contributed by atoms with Crippen LogP contribution < -0.4 is 11.1 Å². The van der Waals surface area contributed by atoms with Gasteiger partial charge in [-0.15, -0.1) is 0 Å². The van der Waals surface area contributed by atoms with Crippen LogP contribution in [0.25, 0.3) is 0 Å². The molecular formula is C9H15N3OS. The molecule has 0 spiro atoms. The highest BCUT2D eigenvalue weighted by Gasteiger charge is 2.24. The third-order valence-corrected chi connectivity index (χ3v) is 3.33. The lowest BCUT2D eigenvalue weighted by Gasteiger charge is -2.11. The van der Waals surface area contributed by atoms with Gasteiger partial charge in [0.05, 0.1) is 12.3 Å². The minimum atomic E-state index is 0.407. The van der Waals surface area contributed by atoms with Gasteiger partial charge in [-0.3, -0.25) is 0 Å². The summed E-state index contributed by atoms with van der Waals surface area (Å²) in [5, 5.41) is 5.05. The highest BCUT2D eigenvalue weighted by Crippen LogP contribution is 2.27. The zero-order valence-corrected chi connectivity index (χ0v) is 9.01. The van der Waals surface area contributed by atoms with Crippen LogP contribution in [0.15, 0.2) is 6.20 Å². The maximum absolute atomic E-state index is 5.60. The van der Waals surface area contributed by atoms with E-state index < -0.39 is 0 Å². The summed E-state index contributed by atoms with van der Waals surface area (Å²) in [6, 6.07) is 0.491. The van der Waals surface area contributed by atoms with Gasteiger partial charge in [0.25, 0.3) is 0 Å². The Morgan fingerprint density at radius 1 is 1.64 bits per heavy atom. The van der Waals surface area contributed by atoms with E-state index in [1.165, 1.54) is 11.3 Å². The van der Waals surface area contributed by atoms with Crippen molar-refractivity contribution in [1.29, 1.82) is 0 Å². The summed E-state index contributed by atoms with van der Waals surface area (Å²) in [7, 11) is 1.77. The average Bonchev–Trinajstić information content (AvgIpc) is 2.76. The van der Waals surface area contributed by atoms with Gasteiger partial charge in [0, 0.05) is 13.2 Å². The van der Waals surface area contributed by atoms with Gasteiger partial charge in [-0.2, -0.15) is 0 Å². The van der Waals surface area contributed by atoms with E-state index in [-0.39, 0.29) is 0 Å². The van der Waals surface area contributed by atoms with E-state index in [4.69, 9.17) is 10.5 Å². The van der Waals surface area contributed by atoms with Crippen molar-refractivity contribution < 1.29 is 4.74 Å². The van der Waals surface area contributed by atoms with Crippen molar-refractivity contribution in [3.05, 3.63) is 6.20 Å². The zero-order chi connectivity index (χ0) is 9.97. The number of ether oxygens (including phenoxy) is 1. The van der Waals surface area contributed by atoms with Crippen LogP contribution in [0.3, 0.4) is 0 Å². The molecule has 1 fully saturated rings. The van der Waals surface area contributed by atoms with Gasteiger partial charge in [-0.05, 0) is 19.3 Å². The molecule has 5 heteroatoms. The van der Waals surface area contributed by atoms with Crippen molar-refractivity contribution in [2.45, 2.75) is 31.4 Å². The minimum Gasteiger partial charge on any atom is -0.389 e. The summed E-state index contributed by atoms with van der Waals surface area (Å²) in [5.41, 5.74) is 5.60. The van der Waals surface area contributed by atoms with Crippen LogP contribution in [0, 0.1) is 0 Å². The summed E-state index contributed by atoms with van der Waals surface area (Å²) in [6.45, 7) is 0. The molecule has 1 aliphatic rings. The number of hydrogen-bond donors (Lipinski definition) is 2. The molecule has 0 aromatic carbocycles. The summed E-state index contributed by atoms with van der Waals surface area (Å²) in [4.78, 5) is 4.17. The number of thiazole rings is 1. The highest BCUT2D eigenvalue weighted by atomic mass is 32.1. The molecule has 0 amide bonds. The number of rotatable bonds is 3. The molecule has 4 nitrogen and oxygen atoms in total. The third kappa shape index (κ3) is 2.16. The van der Waals surface area contributed by atoms with E-state index in [0.29, 0.717) is 12.1 Å². The molecule has 0 bridgehead atoms. The molecule has 0 radical (unpaired) electrons. The lowest BCUT2D eigenvalue weighted by atomic mass is 10.2. The maximum Gasteiger partial charge on any atom is 0.184 e. The Morgan fingerprint density at radius 3 is 3.07 bits per heavy atom. The normalized spacial score (nSPS) is 26.6. The topological polar surface area (TPSA) is 60.2 Å². The van der Waals surface area contributed by atoms with Gasteiger partial charge >= 0.3 is 0 Å². The van der Waals surface area contributed by atoms with E-state index in [0.717, 1.165) is 29.4 Å². The van der Waals surface area contributed by atoms with Crippen LogP contribution in [0.2, 0.25) is 0 Å². The smallest absolute Gasteiger partial charge is 0.184 e. The molecule has 1 saturated carbocycles. The first-order valence-electron chi connectivity index (χ1n) is 4.78. The number of methoxy groups -OCH3 is 1. The molecular weight excluding hydrogens is 198 g/mol. The van der Waals surface area contributed by atoms with Crippen molar-refractivity contribution in [1.82, 2.24) is 4.98 Å². The summed E-state index contributed by atoms with van der Waals surface area (Å²) in [6.07, 6.45) is 5.45. The van der Waals surface area contributed by atoms with Gasteiger partial charge < -0.3 is 15.8 Å². The molecule has 1 aliphatic carbocycles. The Labute approximate surface area is 87.5 Å². The summed E-state index contributed by atoms with van der Waals surface area (Å²) < 4.78 is 5.30. The molecule has 2 atom stereocenters. The predicted molar refractivity (Wildman–Crippen MR) is 58.6 cm³/mol. The second-order valence-corrected chi connectivity index (χ2v) is 4.64. The second kappa shape index (κ2) is 4.14. The van der Waals surface area contributed by atoms with Crippen LogP contribution >= 0.6 is 11.3 Å². The lowest BCUT2D eigenvalue weighted by molar-refractivity contribution is 0.108. The molecule has 14 heavy (non-hydrogen) atoms. The monoisotopic (exact) mass is 213 g/mol. The van der Waals surface area contributed by atoms with Gasteiger partial charge in [0.15, 0.2) is 5.13 Å². The molecule has 2 unspecified atom stereocenters. The molecule has 0 aliphatic heterocycles. The fraction of sp³-hybridized carbons (Fsp3) is 0.667. The number of anilines is 2. The Balaban J connectivity index is 1.87. The number of nitrogens with two attached hydrogens (primary N) is 1. The molecule has 1 heterocycles. The number of nitrogens with zero attached hydrogens (tertiary/aromatic N) is 1. The second-order valence-electron chi connectivity index (χ2n) is 3.58. The standard InChI is InChI=1S/C9H15N3OS/c1-13-7-3-2-6(4-7)12-9-11-5-8(10)14-9/h5-7H,2-4,10H2,1H3,(H,11,12). The molecule has 1 aromatic rings. The predicted octanol–water partition coefficient (Wildman–Crippen LogP) is 1.70. The average molecular weight is 213 g/mol. The van der Waals surface area contributed by atoms with E-state index >= 15 is 0 Å². The van der Waals surface area contributed by atoms with Crippen LogP contribution in [-0.2, 0) is 4.74 Å². The van der Waals surface area contributed by atoms with Gasteiger partial charge in [-0.1, -0.05) is 11.3 Å². The quantitative estimate of drug-likeness (QED) is 0.802. The first-order valence-corrected chi connectivity index (χ1v) is 5.60. The fourth-order valence-corrected chi connectivity index (χ4v) is 2.47.